The van der Waals surface area contributed by atoms with Gasteiger partial charge in [0.25, 0.3) is 0 Å². The first-order valence-electron chi connectivity index (χ1n) is 9.00. The molecule has 4 heteroatoms. The molecule has 1 heterocycles. The number of para-hydroxylation sites is 3. The van der Waals surface area contributed by atoms with E-state index in [-0.39, 0.29) is 0 Å². The predicted molar refractivity (Wildman–Crippen MR) is 112 cm³/mol. The summed E-state index contributed by atoms with van der Waals surface area (Å²) in [6, 6.07) is 28.2. The molecular formula is C23H21N3O. The molecule has 0 saturated heterocycles. The lowest BCUT2D eigenvalue weighted by Gasteiger charge is -2.08. The van der Waals surface area contributed by atoms with Crippen LogP contribution < -0.4 is 10.2 Å². The monoisotopic (exact) mass is 355 g/mol. The zero-order valence-corrected chi connectivity index (χ0v) is 15.0. The summed E-state index contributed by atoms with van der Waals surface area (Å²) in [6.07, 6.45) is 3.99. The second kappa shape index (κ2) is 8.23. The van der Waals surface area contributed by atoms with Crippen molar-refractivity contribution in [1.29, 1.82) is 0 Å². The highest BCUT2D eigenvalue weighted by Crippen LogP contribution is 2.20. The van der Waals surface area contributed by atoms with Gasteiger partial charge in [0.1, 0.15) is 12.4 Å². The number of rotatable bonds is 7. The molecule has 0 aliphatic rings. The topological polar surface area (TPSA) is 38.5 Å². The summed E-state index contributed by atoms with van der Waals surface area (Å²) in [5, 5.41) is 5.56. The van der Waals surface area contributed by atoms with E-state index in [1.54, 1.807) is 0 Å². The van der Waals surface area contributed by atoms with Crippen LogP contribution in [0.1, 0.15) is 5.56 Å². The van der Waals surface area contributed by atoms with Gasteiger partial charge in [0.15, 0.2) is 0 Å². The Hall–Kier alpha value is -3.53. The Balaban J connectivity index is 1.48. The smallest absolute Gasteiger partial charge is 0.119 e. The van der Waals surface area contributed by atoms with Crippen molar-refractivity contribution in [2.24, 2.45) is 5.10 Å². The molecule has 0 radical (unpaired) electrons. The van der Waals surface area contributed by atoms with Crippen molar-refractivity contribution in [3.8, 4) is 5.75 Å². The van der Waals surface area contributed by atoms with Gasteiger partial charge in [-0.15, -0.1) is 0 Å². The molecule has 0 saturated carbocycles. The van der Waals surface area contributed by atoms with Crippen molar-refractivity contribution < 1.29 is 4.74 Å². The van der Waals surface area contributed by atoms with Gasteiger partial charge in [0.2, 0.25) is 0 Å². The Morgan fingerprint density at radius 2 is 1.56 bits per heavy atom. The number of fused-ring (bicyclic) bond motifs is 1. The lowest BCUT2D eigenvalue weighted by atomic mass is 10.2. The van der Waals surface area contributed by atoms with Gasteiger partial charge in [-0.3, -0.25) is 5.43 Å². The second-order valence-electron chi connectivity index (χ2n) is 6.19. The molecule has 0 unspecified atom stereocenters. The molecule has 0 spiro atoms. The normalized spacial score (nSPS) is 11.1. The van der Waals surface area contributed by atoms with E-state index in [1.165, 1.54) is 10.9 Å². The molecule has 4 rings (SSSR count). The first kappa shape index (κ1) is 16.9. The third kappa shape index (κ3) is 4.18. The minimum absolute atomic E-state index is 0.613. The highest BCUT2D eigenvalue weighted by Gasteiger charge is 2.06. The van der Waals surface area contributed by atoms with Crippen LogP contribution in [0, 0.1) is 0 Å². The zero-order chi connectivity index (χ0) is 18.3. The van der Waals surface area contributed by atoms with Crippen molar-refractivity contribution in [3.05, 3.63) is 96.7 Å². The number of ether oxygens (including phenoxy) is 1. The van der Waals surface area contributed by atoms with Crippen molar-refractivity contribution in [1.82, 2.24) is 4.57 Å². The molecule has 0 bridgehead atoms. The maximum atomic E-state index is 5.84. The number of anilines is 1. The Morgan fingerprint density at radius 3 is 2.37 bits per heavy atom. The third-order valence-electron chi connectivity index (χ3n) is 4.33. The number of hydrogen-bond donors (Lipinski definition) is 1. The molecular weight excluding hydrogens is 334 g/mol. The molecule has 4 nitrogen and oxygen atoms in total. The van der Waals surface area contributed by atoms with Crippen LogP contribution in [0.4, 0.5) is 5.69 Å². The summed E-state index contributed by atoms with van der Waals surface area (Å²) in [6.45, 7) is 1.39. The summed E-state index contributed by atoms with van der Waals surface area (Å²) in [7, 11) is 0. The molecule has 3 aromatic carbocycles. The molecule has 4 aromatic rings. The van der Waals surface area contributed by atoms with Gasteiger partial charge in [-0.25, -0.2) is 0 Å². The number of nitrogens with one attached hydrogen (secondary N) is 1. The fourth-order valence-corrected chi connectivity index (χ4v) is 3.03. The second-order valence-corrected chi connectivity index (χ2v) is 6.19. The number of hydrazone groups is 1. The highest BCUT2D eigenvalue weighted by molar-refractivity contribution is 5.99. The Morgan fingerprint density at radius 1 is 0.852 bits per heavy atom. The predicted octanol–water partition coefficient (Wildman–Crippen LogP) is 5.17. The van der Waals surface area contributed by atoms with Gasteiger partial charge in [0.05, 0.1) is 18.4 Å². The zero-order valence-electron chi connectivity index (χ0n) is 15.0. The van der Waals surface area contributed by atoms with E-state index in [9.17, 15) is 0 Å². The summed E-state index contributed by atoms with van der Waals surface area (Å²) < 4.78 is 8.05. The molecule has 0 aliphatic carbocycles. The summed E-state index contributed by atoms with van der Waals surface area (Å²) in [4.78, 5) is 0. The summed E-state index contributed by atoms with van der Waals surface area (Å²) >= 11 is 0. The van der Waals surface area contributed by atoms with Crippen molar-refractivity contribution in [2.75, 3.05) is 12.0 Å². The van der Waals surface area contributed by atoms with Crippen LogP contribution in [0.2, 0.25) is 0 Å². The molecule has 134 valence electrons. The van der Waals surface area contributed by atoms with Crippen molar-refractivity contribution in [2.45, 2.75) is 6.54 Å². The first-order valence-corrected chi connectivity index (χ1v) is 9.00. The maximum absolute atomic E-state index is 5.84. The highest BCUT2D eigenvalue weighted by atomic mass is 16.5. The van der Waals surface area contributed by atoms with Crippen LogP contribution in [0.15, 0.2) is 96.2 Å². The van der Waals surface area contributed by atoms with Gasteiger partial charge < -0.3 is 9.30 Å². The van der Waals surface area contributed by atoms with Gasteiger partial charge in [-0.05, 0) is 30.3 Å². The maximum Gasteiger partial charge on any atom is 0.119 e. The minimum Gasteiger partial charge on any atom is -0.492 e. The van der Waals surface area contributed by atoms with Crippen LogP contribution in [0.5, 0.6) is 5.75 Å². The lowest BCUT2D eigenvalue weighted by Crippen LogP contribution is -2.07. The Kier molecular flexibility index (Phi) is 5.16. The summed E-state index contributed by atoms with van der Waals surface area (Å²) in [5.74, 6) is 0.891. The standard InChI is InChI=1S/C23H21N3O/c1-3-9-20(10-4-1)25-24-17-19-18-26(23-14-8-7-13-22(19)23)15-16-27-21-11-5-2-6-12-21/h1-14,17-18,25H,15-16H2/b24-17+. The van der Waals surface area contributed by atoms with Crippen LogP contribution in [0.3, 0.4) is 0 Å². The van der Waals surface area contributed by atoms with E-state index in [1.807, 2.05) is 66.9 Å². The van der Waals surface area contributed by atoms with E-state index < -0.39 is 0 Å². The quantitative estimate of drug-likeness (QED) is 0.367. The van der Waals surface area contributed by atoms with E-state index in [0.717, 1.165) is 23.5 Å². The van der Waals surface area contributed by atoms with Crippen LogP contribution in [-0.2, 0) is 6.54 Å². The van der Waals surface area contributed by atoms with Crippen LogP contribution >= 0.6 is 0 Å². The molecule has 0 atom stereocenters. The van der Waals surface area contributed by atoms with Gasteiger partial charge >= 0.3 is 0 Å². The Bertz CT molecular complexity index is 1020. The van der Waals surface area contributed by atoms with Crippen LogP contribution in [-0.4, -0.2) is 17.4 Å². The van der Waals surface area contributed by atoms with E-state index >= 15 is 0 Å². The third-order valence-corrected chi connectivity index (χ3v) is 4.33. The largest absolute Gasteiger partial charge is 0.492 e. The molecule has 0 fully saturated rings. The number of benzene rings is 3. The molecule has 0 amide bonds. The van der Waals surface area contributed by atoms with E-state index in [4.69, 9.17) is 4.74 Å². The van der Waals surface area contributed by atoms with E-state index in [0.29, 0.717) is 6.61 Å². The van der Waals surface area contributed by atoms with Gasteiger partial charge in [-0.1, -0.05) is 54.6 Å². The number of nitrogens with zero attached hydrogens (tertiary/aromatic N) is 2. The first-order chi connectivity index (χ1) is 13.4. The lowest BCUT2D eigenvalue weighted by molar-refractivity contribution is 0.300. The average molecular weight is 355 g/mol. The number of aromatic nitrogens is 1. The van der Waals surface area contributed by atoms with Crippen molar-refractivity contribution >= 4 is 22.8 Å². The SMILES string of the molecule is C(=N\Nc1ccccc1)/c1cn(CCOc2ccccc2)c2ccccc12. The molecule has 27 heavy (non-hydrogen) atoms. The molecule has 1 aromatic heterocycles. The van der Waals surface area contributed by atoms with E-state index in [2.05, 4.69) is 45.6 Å². The van der Waals surface area contributed by atoms with Crippen molar-refractivity contribution in [3.63, 3.8) is 0 Å². The fraction of sp³-hybridized carbons (Fsp3) is 0.0870. The number of hydrogen-bond acceptors (Lipinski definition) is 3. The summed E-state index contributed by atoms with van der Waals surface area (Å²) in [5.41, 5.74) is 6.29. The fourth-order valence-electron chi connectivity index (χ4n) is 3.03. The average Bonchev–Trinajstić information content (AvgIpc) is 3.08. The Labute approximate surface area is 158 Å². The van der Waals surface area contributed by atoms with Crippen LogP contribution in [0.25, 0.3) is 10.9 Å². The minimum atomic E-state index is 0.613. The molecule has 1 N–H and O–H groups in total. The molecule has 0 aliphatic heterocycles. The van der Waals surface area contributed by atoms with Gasteiger partial charge in [0, 0.05) is 22.7 Å². The van der Waals surface area contributed by atoms with Gasteiger partial charge in [-0.2, -0.15) is 5.10 Å².